The van der Waals surface area contributed by atoms with E-state index in [1.807, 2.05) is 5.38 Å². The molecule has 102 valence electrons. The molecule has 1 amide bonds. The van der Waals surface area contributed by atoms with E-state index in [0.29, 0.717) is 19.4 Å². The second-order valence-corrected chi connectivity index (χ2v) is 5.29. The summed E-state index contributed by atoms with van der Waals surface area (Å²) in [6.07, 6.45) is 0.500. The number of carbonyl (C=O) groups is 1. The van der Waals surface area contributed by atoms with Gasteiger partial charge in [0.2, 0.25) is 5.91 Å². The number of rotatable bonds is 3. The predicted molar refractivity (Wildman–Crippen MR) is 72.5 cm³/mol. The second-order valence-electron chi connectivity index (χ2n) is 4.57. The molecule has 0 bridgehead atoms. The first-order valence-corrected chi connectivity index (χ1v) is 6.58. The number of nitrogens with two attached hydrogens (primary N) is 1. The number of nitrogens with zero attached hydrogens (tertiary/aromatic N) is 2. The lowest BCUT2D eigenvalue weighted by atomic mass is 10.1. The van der Waals surface area contributed by atoms with Gasteiger partial charge in [-0.1, -0.05) is 0 Å². The minimum absolute atomic E-state index is 0. The number of hydrogen-bond donors (Lipinski definition) is 2. The van der Waals surface area contributed by atoms with Crippen LogP contribution in [0.3, 0.4) is 0 Å². The Morgan fingerprint density at radius 3 is 2.89 bits per heavy atom. The summed E-state index contributed by atoms with van der Waals surface area (Å²) >= 11 is 1.52. The molecule has 1 aliphatic carbocycles. The Morgan fingerprint density at radius 1 is 1.67 bits per heavy atom. The Hall–Kier alpha value is -0.690. The number of aliphatic hydroxyl groups excluding tert-OH is 1. The van der Waals surface area contributed by atoms with Gasteiger partial charge < -0.3 is 15.7 Å². The number of aliphatic hydroxyl groups is 1. The van der Waals surface area contributed by atoms with Gasteiger partial charge in [0, 0.05) is 24.4 Å². The largest absolute Gasteiger partial charge is 0.391 e. The number of carbonyl (C=O) groups excluding carboxylic acids is 1. The molecule has 1 heterocycles. The fraction of sp³-hybridized carbons (Fsp3) is 0.636. The molecule has 7 heteroatoms. The highest BCUT2D eigenvalue weighted by Gasteiger charge is 2.35. The van der Waals surface area contributed by atoms with E-state index in [-0.39, 0.29) is 30.3 Å². The monoisotopic (exact) mass is 291 g/mol. The van der Waals surface area contributed by atoms with Crippen LogP contribution >= 0.6 is 23.7 Å². The molecule has 0 aliphatic heterocycles. The van der Waals surface area contributed by atoms with E-state index < -0.39 is 6.10 Å². The van der Waals surface area contributed by atoms with E-state index >= 15 is 0 Å². The fourth-order valence-corrected chi connectivity index (χ4v) is 2.75. The summed E-state index contributed by atoms with van der Waals surface area (Å²) in [5, 5.41) is 11.5. The molecule has 0 aromatic carbocycles. The molecule has 18 heavy (non-hydrogen) atoms. The van der Waals surface area contributed by atoms with E-state index in [9.17, 15) is 9.90 Å². The summed E-state index contributed by atoms with van der Waals surface area (Å²) in [6.45, 7) is 0.518. The van der Waals surface area contributed by atoms with Gasteiger partial charge in [-0.15, -0.1) is 23.7 Å². The van der Waals surface area contributed by atoms with E-state index in [1.54, 1.807) is 17.5 Å². The van der Waals surface area contributed by atoms with E-state index in [1.165, 1.54) is 11.3 Å². The number of aromatic nitrogens is 1. The summed E-state index contributed by atoms with van der Waals surface area (Å²) in [6, 6.07) is -0.267. The number of halogens is 1. The van der Waals surface area contributed by atoms with Crippen LogP contribution < -0.4 is 5.73 Å². The van der Waals surface area contributed by atoms with Crippen molar-refractivity contribution in [2.75, 3.05) is 7.05 Å². The summed E-state index contributed by atoms with van der Waals surface area (Å²) in [5.41, 5.74) is 8.36. The molecule has 1 aromatic rings. The van der Waals surface area contributed by atoms with Crippen LogP contribution in [0.1, 0.15) is 18.5 Å². The van der Waals surface area contributed by atoms with Crippen molar-refractivity contribution < 1.29 is 9.90 Å². The second kappa shape index (κ2) is 6.47. The van der Waals surface area contributed by atoms with E-state index in [0.717, 1.165) is 5.69 Å². The van der Waals surface area contributed by atoms with Crippen LogP contribution in [0.5, 0.6) is 0 Å². The van der Waals surface area contributed by atoms with Crippen molar-refractivity contribution in [1.29, 1.82) is 0 Å². The van der Waals surface area contributed by atoms with Crippen LogP contribution in [0.2, 0.25) is 0 Å². The van der Waals surface area contributed by atoms with Crippen LogP contribution in [0.4, 0.5) is 0 Å². The average molecular weight is 292 g/mol. The molecule has 1 fully saturated rings. The standard InChI is InChI=1S/C11H17N3O2S.ClH/c1-14(4-8-5-17-6-13-8)11(16)7-2-9(12)10(15)3-7;/h5-7,9-10,15H,2-4,12H2,1H3;1H/t7-,9+,10+;/m0./s1. The van der Waals surface area contributed by atoms with Gasteiger partial charge in [0.25, 0.3) is 0 Å². The molecule has 0 saturated heterocycles. The average Bonchev–Trinajstić information content (AvgIpc) is 2.89. The molecule has 1 aliphatic rings. The van der Waals surface area contributed by atoms with Gasteiger partial charge in [-0.3, -0.25) is 4.79 Å². The first-order chi connectivity index (χ1) is 8.08. The SMILES string of the molecule is CN(Cc1cscn1)C(=O)[C@H]1C[C@@H](N)[C@H](O)C1.Cl. The summed E-state index contributed by atoms with van der Waals surface area (Å²) < 4.78 is 0. The lowest BCUT2D eigenvalue weighted by molar-refractivity contribution is -0.134. The Balaban J connectivity index is 0.00000162. The minimum Gasteiger partial charge on any atom is -0.391 e. The molecule has 1 aromatic heterocycles. The number of amides is 1. The Kier molecular flexibility index (Phi) is 5.52. The van der Waals surface area contributed by atoms with Crippen LogP contribution in [0, 0.1) is 5.92 Å². The van der Waals surface area contributed by atoms with Gasteiger partial charge in [0.05, 0.1) is 23.9 Å². The molecular formula is C11H18ClN3O2S. The highest BCUT2D eigenvalue weighted by molar-refractivity contribution is 7.07. The lowest BCUT2D eigenvalue weighted by Crippen LogP contribution is -2.32. The first-order valence-electron chi connectivity index (χ1n) is 5.63. The lowest BCUT2D eigenvalue weighted by Gasteiger charge is -2.19. The molecule has 2 rings (SSSR count). The zero-order valence-corrected chi connectivity index (χ0v) is 11.8. The van der Waals surface area contributed by atoms with Gasteiger partial charge >= 0.3 is 0 Å². The maximum absolute atomic E-state index is 12.1. The zero-order valence-electron chi connectivity index (χ0n) is 10.2. The van der Waals surface area contributed by atoms with Gasteiger partial charge in [-0.25, -0.2) is 4.98 Å². The van der Waals surface area contributed by atoms with Gasteiger partial charge in [-0.05, 0) is 12.8 Å². The highest BCUT2D eigenvalue weighted by Crippen LogP contribution is 2.26. The third kappa shape index (κ3) is 3.41. The molecular weight excluding hydrogens is 274 g/mol. The third-order valence-electron chi connectivity index (χ3n) is 3.19. The van der Waals surface area contributed by atoms with E-state index in [2.05, 4.69) is 4.98 Å². The first kappa shape index (κ1) is 15.4. The molecule has 3 N–H and O–H groups in total. The van der Waals surface area contributed by atoms with E-state index in [4.69, 9.17) is 5.73 Å². The van der Waals surface area contributed by atoms with Crippen molar-refractivity contribution in [2.45, 2.75) is 31.5 Å². The molecule has 5 nitrogen and oxygen atoms in total. The quantitative estimate of drug-likeness (QED) is 0.856. The summed E-state index contributed by atoms with van der Waals surface area (Å²) in [4.78, 5) is 17.9. The Labute approximate surface area is 116 Å². The topological polar surface area (TPSA) is 79.5 Å². The van der Waals surface area contributed by atoms with Crippen LogP contribution in [0.15, 0.2) is 10.9 Å². The normalized spacial score (nSPS) is 26.7. The highest BCUT2D eigenvalue weighted by atomic mass is 35.5. The third-order valence-corrected chi connectivity index (χ3v) is 3.82. The van der Waals surface area contributed by atoms with Gasteiger partial charge in [-0.2, -0.15) is 0 Å². The minimum atomic E-state index is -0.545. The summed E-state index contributed by atoms with van der Waals surface area (Å²) in [5.74, 6) is -0.103. The molecule has 3 atom stereocenters. The van der Waals surface area contributed by atoms with Crippen molar-refractivity contribution in [3.8, 4) is 0 Å². The zero-order chi connectivity index (χ0) is 12.4. The maximum atomic E-state index is 12.1. The number of hydrogen-bond acceptors (Lipinski definition) is 5. The molecule has 0 radical (unpaired) electrons. The summed E-state index contributed by atoms with van der Waals surface area (Å²) in [7, 11) is 1.76. The van der Waals surface area contributed by atoms with Crippen LogP contribution in [-0.4, -0.2) is 40.1 Å². The van der Waals surface area contributed by atoms with Crippen LogP contribution in [-0.2, 0) is 11.3 Å². The Bertz CT molecular complexity index is 378. The predicted octanol–water partition coefficient (Wildman–Crippen LogP) is 0.621. The van der Waals surface area contributed by atoms with Crippen LogP contribution in [0.25, 0.3) is 0 Å². The smallest absolute Gasteiger partial charge is 0.225 e. The molecule has 0 spiro atoms. The van der Waals surface area contributed by atoms with Crippen molar-refractivity contribution in [1.82, 2.24) is 9.88 Å². The van der Waals surface area contributed by atoms with Crippen molar-refractivity contribution in [2.24, 2.45) is 11.7 Å². The maximum Gasteiger partial charge on any atom is 0.225 e. The van der Waals surface area contributed by atoms with Crippen molar-refractivity contribution in [3.05, 3.63) is 16.6 Å². The Morgan fingerprint density at radius 2 is 2.39 bits per heavy atom. The number of thiazole rings is 1. The van der Waals surface area contributed by atoms with Crippen molar-refractivity contribution in [3.63, 3.8) is 0 Å². The molecule has 1 saturated carbocycles. The van der Waals surface area contributed by atoms with Gasteiger partial charge in [0.1, 0.15) is 0 Å². The fourth-order valence-electron chi connectivity index (χ4n) is 2.20. The van der Waals surface area contributed by atoms with Crippen molar-refractivity contribution >= 4 is 29.7 Å². The van der Waals surface area contributed by atoms with Gasteiger partial charge in [0.15, 0.2) is 0 Å². The molecule has 0 unspecified atom stereocenters.